The fourth-order valence-electron chi connectivity index (χ4n) is 5.06. The quantitative estimate of drug-likeness (QED) is 0.192. The average Bonchev–Trinajstić information content (AvgIpc) is 2.94. The monoisotopic (exact) mass is 588 g/mol. The van der Waals surface area contributed by atoms with Crippen LogP contribution in [0.25, 0.3) is 55.3 Å². The maximum Gasteiger partial charge on any atom is 0.0175 e. The molecule has 6 aromatic rings. The molecule has 36 heavy (non-hydrogen) atoms. The molecule has 172 valence electrons. The van der Waals surface area contributed by atoms with Crippen molar-refractivity contribution in [1.29, 1.82) is 0 Å². The van der Waals surface area contributed by atoms with Crippen molar-refractivity contribution < 1.29 is 0 Å². The molecule has 0 saturated carbocycles. The lowest BCUT2D eigenvalue weighted by Crippen LogP contribution is -1.97. The molecule has 0 bridgehead atoms. The molecule has 0 atom stereocenters. The van der Waals surface area contributed by atoms with Crippen LogP contribution in [0.1, 0.15) is 0 Å². The third-order valence-corrected chi connectivity index (χ3v) is 7.66. The Morgan fingerprint density at radius 1 is 0.278 bits per heavy atom. The molecule has 0 aliphatic carbocycles. The molecular weight excluding hydrogens is 568 g/mol. The molecule has 0 aliphatic heterocycles. The average molecular weight is 590 g/mol. The third kappa shape index (κ3) is 4.21. The van der Waals surface area contributed by atoms with Gasteiger partial charge in [-0.15, -0.1) is 0 Å². The van der Waals surface area contributed by atoms with Crippen molar-refractivity contribution in [3.05, 3.63) is 142 Å². The Balaban J connectivity index is 1.87. The van der Waals surface area contributed by atoms with E-state index in [1.807, 2.05) is 0 Å². The van der Waals surface area contributed by atoms with E-state index >= 15 is 0 Å². The van der Waals surface area contributed by atoms with Gasteiger partial charge in [-0.25, -0.2) is 0 Å². The zero-order chi connectivity index (χ0) is 24.5. The third-order valence-electron chi connectivity index (χ3n) is 6.61. The maximum atomic E-state index is 3.63. The second-order valence-electron chi connectivity index (χ2n) is 8.79. The minimum Gasteiger partial charge on any atom is -0.0622 e. The lowest BCUT2D eigenvalue weighted by Gasteiger charge is -2.24. The van der Waals surface area contributed by atoms with Gasteiger partial charge in [0.25, 0.3) is 0 Å². The molecule has 0 amide bonds. The van der Waals surface area contributed by atoms with Crippen molar-refractivity contribution in [2.75, 3.05) is 0 Å². The lowest BCUT2D eigenvalue weighted by atomic mass is 9.79. The molecule has 0 fully saturated rings. The molecular formula is C34H22Br2. The second-order valence-corrected chi connectivity index (χ2v) is 10.6. The highest BCUT2D eigenvalue weighted by Crippen LogP contribution is 2.50. The summed E-state index contributed by atoms with van der Waals surface area (Å²) in [5, 5.41) is 2.49. The molecule has 0 heterocycles. The molecule has 0 saturated heterocycles. The fraction of sp³-hybridized carbons (Fsp3) is 0. The first-order valence-electron chi connectivity index (χ1n) is 11.9. The van der Waals surface area contributed by atoms with Gasteiger partial charge in [0.1, 0.15) is 0 Å². The molecule has 0 aliphatic rings. The SMILES string of the molecule is Brc1ccc(-c2c(-c3ccccc3)c(-c3ccccc3)c(-c3ccc(Br)cc3)c3ccccc23)cc1. The molecule has 0 N–H and O–H groups in total. The summed E-state index contributed by atoms with van der Waals surface area (Å²) in [5.74, 6) is 0. The van der Waals surface area contributed by atoms with Crippen molar-refractivity contribution >= 4 is 42.6 Å². The van der Waals surface area contributed by atoms with E-state index in [0.29, 0.717) is 0 Å². The number of halogens is 2. The molecule has 0 spiro atoms. The molecule has 6 rings (SSSR count). The largest absolute Gasteiger partial charge is 0.0622 e. The molecule has 2 heteroatoms. The van der Waals surface area contributed by atoms with E-state index in [-0.39, 0.29) is 0 Å². The van der Waals surface area contributed by atoms with E-state index in [1.54, 1.807) is 0 Å². The van der Waals surface area contributed by atoms with Gasteiger partial charge in [-0.3, -0.25) is 0 Å². The van der Waals surface area contributed by atoms with Gasteiger partial charge < -0.3 is 0 Å². The van der Waals surface area contributed by atoms with Crippen molar-refractivity contribution in [1.82, 2.24) is 0 Å². The van der Waals surface area contributed by atoms with Gasteiger partial charge in [0, 0.05) is 8.95 Å². The topological polar surface area (TPSA) is 0 Å². The maximum absolute atomic E-state index is 3.63. The fourth-order valence-corrected chi connectivity index (χ4v) is 5.59. The van der Waals surface area contributed by atoms with Crippen LogP contribution in [0.15, 0.2) is 142 Å². The van der Waals surface area contributed by atoms with Crippen LogP contribution < -0.4 is 0 Å². The predicted octanol–water partition coefficient (Wildman–Crippen LogP) is 11.0. The number of benzene rings is 6. The van der Waals surface area contributed by atoms with E-state index in [1.165, 1.54) is 55.3 Å². The highest BCUT2D eigenvalue weighted by atomic mass is 79.9. The van der Waals surface area contributed by atoms with E-state index in [4.69, 9.17) is 0 Å². The predicted molar refractivity (Wildman–Crippen MR) is 161 cm³/mol. The number of hydrogen-bond donors (Lipinski definition) is 0. The van der Waals surface area contributed by atoms with E-state index in [0.717, 1.165) is 8.95 Å². The van der Waals surface area contributed by atoms with Crippen molar-refractivity contribution in [3.8, 4) is 44.5 Å². The molecule has 0 aromatic heterocycles. The normalized spacial score (nSPS) is 11.1. The Hall–Kier alpha value is -3.46. The van der Waals surface area contributed by atoms with Gasteiger partial charge in [0.2, 0.25) is 0 Å². The van der Waals surface area contributed by atoms with Crippen LogP contribution in [-0.4, -0.2) is 0 Å². The highest BCUT2D eigenvalue weighted by Gasteiger charge is 2.23. The van der Waals surface area contributed by atoms with Crippen LogP contribution >= 0.6 is 31.9 Å². The van der Waals surface area contributed by atoms with Gasteiger partial charge in [0.05, 0.1) is 0 Å². The standard InChI is InChI=1S/C34H22Br2/c35-27-19-15-25(16-20-27)31-29-13-7-8-14-30(29)32(26-17-21-28(36)22-18-26)34(24-11-5-2-6-12-24)33(31)23-9-3-1-4-10-23/h1-22H. The van der Waals surface area contributed by atoms with Crippen LogP contribution in [0, 0.1) is 0 Å². The van der Waals surface area contributed by atoms with Gasteiger partial charge in [-0.1, -0.05) is 141 Å². The minimum absolute atomic E-state index is 1.08. The minimum atomic E-state index is 1.08. The Kier molecular flexibility index (Phi) is 6.31. The van der Waals surface area contributed by atoms with Crippen molar-refractivity contribution in [2.45, 2.75) is 0 Å². The van der Waals surface area contributed by atoms with Crippen molar-refractivity contribution in [3.63, 3.8) is 0 Å². The zero-order valence-electron chi connectivity index (χ0n) is 19.5. The first-order chi connectivity index (χ1) is 17.7. The molecule has 6 aromatic carbocycles. The molecule has 0 radical (unpaired) electrons. The summed E-state index contributed by atoms with van der Waals surface area (Å²) in [5.41, 5.74) is 9.83. The van der Waals surface area contributed by atoms with Gasteiger partial charge in [-0.2, -0.15) is 0 Å². The van der Waals surface area contributed by atoms with Crippen LogP contribution in [-0.2, 0) is 0 Å². The highest BCUT2D eigenvalue weighted by molar-refractivity contribution is 9.10. The molecule has 0 unspecified atom stereocenters. The Labute approximate surface area is 228 Å². The van der Waals surface area contributed by atoms with Crippen LogP contribution in [0.5, 0.6) is 0 Å². The van der Waals surface area contributed by atoms with Gasteiger partial charge in [0.15, 0.2) is 0 Å². The first kappa shape index (κ1) is 23.0. The van der Waals surface area contributed by atoms with Crippen LogP contribution in [0.4, 0.5) is 0 Å². The zero-order valence-corrected chi connectivity index (χ0v) is 22.6. The Bertz CT molecular complexity index is 1520. The van der Waals surface area contributed by atoms with Gasteiger partial charge in [-0.05, 0) is 79.5 Å². The summed E-state index contributed by atoms with van der Waals surface area (Å²) in [6, 6.07) is 47.8. The Morgan fingerprint density at radius 3 is 0.944 bits per heavy atom. The van der Waals surface area contributed by atoms with E-state index < -0.39 is 0 Å². The Morgan fingerprint density at radius 2 is 0.583 bits per heavy atom. The summed E-state index contributed by atoms with van der Waals surface area (Å²) in [7, 11) is 0. The summed E-state index contributed by atoms with van der Waals surface area (Å²) in [6.07, 6.45) is 0. The summed E-state index contributed by atoms with van der Waals surface area (Å²) < 4.78 is 2.15. The van der Waals surface area contributed by atoms with Crippen molar-refractivity contribution in [2.24, 2.45) is 0 Å². The van der Waals surface area contributed by atoms with E-state index in [2.05, 4.69) is 165 Å². The summed E-state index contributed by atoms with van der Waals surface area (Å²) in [6.45, 7) is 0. The van der Waals surface area contributed by atoms with Gasteiger partial charge >= 0.3 is 0 Å². The second kappa shape index (κ2) is 9.89. The van der Waals surface area contributed by atoms with Crippen LogP contribution in [0.2, 0.25) is 0 Å². The number of fused-ring (bicyclic) bond motifs is 1. The van der Waals surface area contributed by atoms with E-state index in [9.17, 15) is 0 Å². The smallest absolute Gasteiger partial charge is 0.0175 e. The lowest BCUT2D eigenvalue weighted by molar-refractivity contribution is 1.56. The first-order valence-corrected chi connectivity index (χ1v) is 13.5. The number of hydrogen-bond acceptors (Lipinski definition) is 0. The number of rotatable bonds is 4. The summed E-state index contributed by atoms with van der Waals surface area (Å²) in [4.78, 5) is 0. The van der Waals surface area contributed by atoms with Crippen LogP contribution in [0.3, 0.4) is 0 Å². The summed E-state index contributed by atoms with van der Waals surface area (Å²) >= 11 is 7.25. The molecule has 0 nitrogen and oxygen atoms in total.